The van der Waals surface area contributed by atoms with Crippen LogP contribution in [0, 0.1) is 11.7 Å². The molecule has 1 aromatic carbocycles. The lowest BCUT2D eigenvalue weighted by molar-refractivity contribution is 0.241. The molecule has 0 aliphatic heterocycles. The van der Waals surface area contributed by atoms with Crippen LogP contribution >= 0.6 is 0 Å². The van der Waals surface area contributed by atoms with Crippen LogP contribution in [0.3, 0.4) is 0 Å². The number of hydrogen-bond donors (Lipinski definition) is 2. The number of benzene rings is 1. The lowest BCUT2D eigenvalue weighted by Crippen LogP contribution is -2.30. The molecular formula is C12H18FNO. The molecule has 15 heavy (non-hydrogen) atoms. The van der Waals surface area contributed by atoms with Crippen molar-refractivity contribution in [1.29, 1.82) is 0 Å². The molecule has 2 nitrogen and oxygen atoms in total. The van der Waals surface area contributed by atoms with Gasteiger partial charge in [-0.2, -0.15) is 0 Å². The Balaban J connectivity index is 2.66. The van der Waals surface area contributed by atoms with Crippen LogP contribution in [0.4, 0.5) is 10.1 Å². The molecule has 0 bridgehead atoms. The fraction of sp³-hybridized carbons (Fsp3) is 0.500. The normalized spacial score (nSPS) is 14.7. The zero-order valence-corrected chi connectivity index (χ0v) is 9.20. The summed E-state index contributed by atoms with van der Waals surface area (Å²) in [5, 5.41) is 12.3. The van der Waals surface area contributed by atoms with E-state index in [1.54, 1.807) is 12.1 Å². The first-order chi connectivity index (χ1) is 7.17. The highest BCUT2D eigenvalue weighted by Gasteiger charge is 2.14. The van der Waals surface area contributed by atoms with Gasteiger partial charge >= 0.3 is 0 Å². The highest BCUT2D eigenvalue weighted by atomic mass is 19.1. The summed E-state index contributed by atoms with van der Waals surface area (Å²) in [7, 11) is 0. The van der Waals surface area contributed by atoms with Crippen molar-refractivity contribution in [2.75, 3.05) is 11.9 Å². The van der Waals surface area contributed by atoms with Crippen LogP contribution in [0.5, 0.6) is 0 Å². The monoisotopic (exact) mass is 211 g/mol. The van der Waals surface area contributed by atoms with Gasteiger partial charge < -0.3 is 10.4 Å². The van der Waals surface area contributed by atoms with Crippen LogP contribution in [-0.2, 0) is 0 Å². The minimum absolute atomic E-state index is 0.0169. The lowest BCUT2D eigenvalue weighted by atomic mass is 9.99. The van der Waals surface area contributed by atoms with Crippen molar-refractivity contribution in [2.45, 2.75) is 26.3 Å². The van der Waals surface area contributed by atoms with Gasteiger partial charge in [-0.05, 0) is 24.1 Å². The largest absolute Gasteiger partial charge is 0.394 e. The van der Waals surface area contributed by atoms with Crippen molar-refractivity contribution < 1.29 is 9.50 Å². The molecule has 0 amide bonds. The molecule has 2 atom stereocenters. The zero-order valence-electron chi connectivity index (χ0n) is 9.20. The Morgan fingerprint density at radius 3 is 2.73 bits per heavy atom. The second kappa shape index (κ2) is 5.71. The minimum Gasteiger partial charge on any atom is -0.394 e. The summed E-state index contributed by atoms with van der Waals surface area (Å²) in [4.78, 5) is 0. The highest BCUT2D eigenvalue weighted by molar-refractivity contribution is 5.44. The van der Waals surface area contributed by atoms with Crippen LogP contribution in [0.2, 0.25) is 0 Å². The van der Waals surface area contributed by atoms with E-state index in [1.807, 2.05) is 0 Å². The Morgan fingerprint density at radius 2 is 2.20 bits per heavy atom. The maximum atomic E-state index is 12.9. The van der Waals surface area contributed by atoms with Crippen molar-refractivity contribution >= 4 is 5.69 Å². The molecule has 2 N–H and O–H groups in total. The molecule has 0 spiro atoms. The van der Waals surface area contributed by atoms with E-state index in [1.165, 1.54) is 12.1 Å². The molecule has 0 saturated carbocycles. The third-order valence-electron chi connectivity index (χ3n) is 2.70. The standard InChI is InChI=1S/C12H18FNO/c1-3-9(2)12(8-15)14-11-6-4-5-10(13)7-11/h4-7,9,12,14-15H,3,8H2,1-2H3. The summed E-state index contributed by atoms with van der Waals surface area (Å²) >= 11 is 0. The number of rotatable bonds is 5. The van der Waals surface area contributed by atoms with E-state index >= 15 is 0 Å². The molecule has 0 fully saturated rings. The Bertz CT molecular complexity index is 303. The van der Waals surface area contributed by atoms with Crippen LogP contribution in [0.15, 0.2) is 24.3 Å². The minimum atomic E-state index is -0.263. The van der Waals surface area contributed by atoms with Gasteiger partial charge in [0.2, 0.25) is 0 Å². The first kappa shape index (κ1) is 12.0. The van der Waals surface area contributed by atoms with Crippen molar-refractivity contribution in [3.05, 3.63) is 30.1 Å². The predicted octanol–water partition coefficient (Wildman–Crippen LogP) is 2.64. The smallest absolute Gasteiger partial charge is 0.125 e. The SMILES string of the molecule is CCC(C)C(CO)Nc1cccc(F)c1. The van der Waals surface area contributed by atoms with Gasteiger partial charge in [0.1, 0.15) is 5.82 Å². The first-order valence-electron chi connectivity index (χ1n) is 5.30. The van der Waals surface area contributed by atoms with Gasteiger partial charge in [-0.1, -0.05) is 26.3 Å². The fourth-order valence-electron chi connectivity index (χ4n) is 1.44. The summed E-state index contributed by atoms with van der Waals surface area (Å²) < 4.78 is 12.9. The summed E-state index contributed by atoms with van der Waals surface area (Å²) in [5.41, 5.74) is 0.717. The fourth-order valence-corrected chi connectivity index (χ4v) is 1.44. The van der Waals surface area contributed by atoms with E-state index in [2.05, 4.69) is 19.2 Å². The van der Waals surface area contributed by atoms with Crippen molar-refractivity contribution in [1.82, 2.24) is 0 Å². The number of hydrogen-bond acceptors (Lipinski definition) is 2. The zero-order chi connectivity index (χ0) is 11.3. The molecule has 3 heteroatoms. The van der Waals surface area contributed by atoms with Gasteiger partial charge in [-0.25, -0.2) is 4.39 Å². The van der Waals surface area contributed by atoms with Gasteiger partial charge in [0.15, 0.2) is 0 Å². The molecule has 1 rings (SSSR count). The number of halogens is 1. The van der Waals surface area contributed by atoms with E-state index in [0.29, 0.717) is 11.6 Å². The maximum absolute atomic E-state index is 12.9. The predicted molar refractivity (Wildman–Crippen MR) is 60.4 cm³/mol. The Morgan fingerprint density at radius 1 is 1.47 bits per heavy atom. The number of nitrogens with one attached hydrogen (secondary N) is 1. The summed E-state index contributed by atoms with van der Waals surface area (Å²) in [6, 6.07) is 6.28. The van der Waals surface area contributed by atoms with Crippen LogP contribution in [0.25, 0.3) is 0 Å². The third-order valence-corrected chi connectivity index (χ3v) is 2.70. The van der Waals surface area contributed by atoms with E-state index in [-0.39, 0.29) is 18.5 Å². The van der Waals surface area contributed by atoms with Gasteiger partial charge in [-0.15, -0.1) is 0 Å². The van der Waals surface area contributed by atoms with Gasteiger partial charge in [0, 0.05) is 5.69 Å². The summed E-state index contributed by atoms with van der Waals surface area (Å²) in [6.45, 7) is 4.19. The molecular weight excluding hydrogens is 193 g/mol. The van der Waals surface area contributed by atoms with E-state index in [9.17, 15) is 9.50 Å². The first-order valence-corrected chi connectivity index (χ1v) is 5.30. The van der Waals surface area contributed by atoms with E-state index in [0.717, 1.165) is 6.42 Å². The average molecular weight is 211 g/mol. The number of anilines is 1. The lowest BCUT2D eigenvalue weighted by Gasteiger charge is -2.23. The Labute approximate surface area is 90.1 Å². The quantitative estimate of drug-likeness (QED) is 0.784. The molecule has 0 heterocycles. The van der Waals surface area contributed by atoms with Gasteiger partial charge in [0.05, 0.1) is 12.6 Å². The second-order valence-corrected chi connectivity index (χ2v) is 3.83. The molecule has 0 radical (unpaired) electrons. The van der Waals surface area contributed by atoms with E-state index < -0.39 is 0 Å². The van der Waals surface area contributed by atoms with Crippen LogP contribution in [-0.4, -0.2) is 17.8 Å². The number of aliphatic hydroxyl groups excluding tert-OH is 1. The van der Waals surface area contributed by atoms with Crippen LogP contribution < -0.4 is 5.32 Å². The van der Waals surface area contributed by atoms with Crippen molar-refractivity contribution in [3.8, 4) is 0 Å². The molecule has 0 saturated heterocycles. The summed E-state index contributed by atoms with van der Waals surface area (Å²) in [5.74, 6) is 0.0964. The summed E-state index contributed by atoms with van der Waals surface area (Å²) in [6.07, 6.45) is 0.980. The van der Waals surface area contributed by atoms with Crippen LogP contribution in [0.1, 0.15) is 20.3 Å². The van der Waals surface area contributed by atoms with Crippen molar-refractivity contribution in [3.63, 3.8) is 0 Å². The molecule has 0 aromatic heterocycles. The maximum Gasteiger partial charge on any atom is 0.125 e. The molecule has 84 valence electrons. The van der Waals surface area contributed by atoms with Gasteiger partial charge in [-0.3, -0.25) is 0 Å². The average Bonchev–Trinajstić information content (AvgIpc) is 2.25. The van der Waals surface area contributed by atoms with Crippen molar-refractivity contribution in [2.24, 2.45) is 5.92 Å². The molecule has 1 aromatic rings. The molecule has 0 aliphatic carbocycles. The van der Waals surface area contributed by atoms with Gasteiger partial charge in [0.25, 0.3) is 0 Å². The topological polar surface area (TPSA) is 32.3 Å². The third kappa shape index (κ3) is 3.51. The Hall–Kier alpha value is -1.09. The second-order valence-electron chi connectivity index (χ2n) is 3.83. The molecule has 2 unspecified atom stereocenters. The molecule has 0 aliphatic rings. The Kier molecular flexibility index (Phi) is 4.56. The highest BCUT2D eigenvalue weighted by Crippen LogP contribution is 2.15. The van der Waals surface area contributed by atoms with E-state index in [4.69, 9.17) is 0 Å². The number of aliphatic hydroxyl groups is 1.